The first-order valence-corrected chi connectivity index (χ1v) is 9.31. The molecule has 0 aromatic rings. The quantitative estimate of drug-likeness (QED) is 0.211. The molecule has 0 aliphatic rings. The van der Waals surface area contributed by atoms with Crippen molar-refractivity contribution < 1.29 is 9.90 Å². The summed E-state index contributed by atoms with van der Waals surface area (Å²) in [5.74, 6) is -0.854. The molecule has 0 aromatic carbocycles. The van der Waals surface area contributed by atoms with Gasteiger partial charge in [0.1, 0.15) is 0 Å². The average Bonchev–Trinajstić information content (AvgIpc) is 2.57. The lowest BCUT2D eigenvalue weighted by molar-refractivity contribution is -0.131. The molecule has 0 aromatic heterocycles. The minimum Gasteiger partial charge on any atom is -0.478 e. The zero-order valence-corrected chi connectivity index (χ0v) is 15.9. The molecule has 2 nitrogen and oxygen atoms in total. The molecule has 0 aliphatic carbocycles. The van der Waals surface area contributed by atoms with Crippen LogP contribution in [0.3, 0.4) is 0 Å². The fourth-order valence-corrected chi connectivity index (χ4v) is 2.15. The van der Waals surface area contributed by atoms with Gasteiger partial charge in [-0.2, -0.15) is 0 Å². The van der Waals surface area contributed by atoms with Crippen molar-refractivity contribution in [3.63, 3.8) is 0 Å². The summed E-state index contributed by atoms with van der Waals surface area (Å²) in [6.07, 6.45) is 31.1. The molecule has 2 heteroatoms. The SMILES string of the molecule is CC/C=C/C/C=C/C/C=C/C/C=C/C/C=C/CCC/C(C)=C/C(=O)O. The van der Waals surface area contributed by atoms with Crippen molar-refractivity contribution in [1.82, 2.24) is 0 Å². The van der Waals surface area contributed by atoms with Crippen molar-refractivity contribution >= 4 is 5.97 Å². The van der Waals surface area contributed by atoms with Gasteiger partial charge in [0.15, 0.2) is 0 Å². The normalized spacial score (nSPS) is 13.4. The Labute approximate surface area is 154 Å². The Morgan fingerprint density at radius 3 is 1.64 bits per heavy atom. The van der Waals surface area contributed by atoms with Gasteiger partial charge >= 0.3 is 5.97 Å². The number of carboxylic acid groups (broad SMARTS) is 1. The van der Waals surface area contributed by atoms with Gasteiger partial charge < -0.3 is 5.11 Å². The number of hydrogen-bond donors (Lipinski definition) is 1. The Hall–Kier alpha value is -2.09. The number of allylic oxidation sites excluding steroid dienone is 11. The molecule has 25 heavy (non-hydrogen) atoms. The highest BCUT2D eigenvalue weighted by molar-refractivity contribution is 5.80. The van der Waals surface area contributed by atoms with Crippen molar-refractivity contribution in [1.29, 1.82) is 0 Å². The van der Waals surface area contributed by atoms with Gasteiger partial charge in [-0.1, -0.05) is 73.3 Å². The summed E-state index contributed by atoms with van der Waals surface area (Å²) in [6.45, 7) is 4.02. The minimum absolute atomic E-state index is 0.848. The average molecular weight is 343 g/mol. The van der Waals surface area contributed by atoms with E-state index in [0.29, 0.717) is 0 Å². The van der Waals surface area contributed by atoms with E-state index in [1.165, 1.54) is 6.08 Å². The van der Waals surface area contributed by atoms with Gasteiger partial charge in [0, 0.05) is 6.08 Å². The van der Waals surface area contributed by atoms with E-state index in [0.717, 1.165) is 56.9 Å². The van der Waals surface area contributed by atoms with E-state index in [2.05, 4.69) is 67.7 Å². The molecule has 0 saturated heterocycles. The standard InChI is InChI=1S/C23H34O2/c1-3-4-5-6-7-8-9-10-11-12-13-14-15-16-17-18-19-20-22(2)21-23(24)25/h4-5,7-8,10-11,13-14,16-17,21H,3,6,9,12,15,18-20H2,1-2H3,(H,24,25)/b5-4+,8-7+,11-10+,14-13+,17-16+,22-21+. The number of aliphatic carboxylic acids is 1. The first-order valence-electron chi connectivity index (χ1n) is 9.31. The van der Waals surface area contributed by atoms with E-state index in [1.54, 1.807) is 0 Å². The maximum absolute atomic E-state index is 10.5. The molecular formula is C23H34O2. The first kappa shape index (κ1) is 22.9. The zero-order chi connectivity index (χ0) is 18.6. The number of unbranched alkanes of at least 4 members (excludes halogenated alkanes) is 1. The Balaban J connectivity index is 3.58. The van der Waals surface area contributed by atoms with Crippen LogP contribution in [0.2, 0.25) is 0 Å². The number of hydrogen-bond acceptors (Lipinski definition) is 1. The molecule has 0 bridgehead atoms. The highest BCUT2D eigenvalue weighted by atomic mass is 16.4. The molecule has 0 heterocycles. The van der Waals surface area contributed by atoms with E-state index >= 15 is 0 Å². The van der Waals surface area contributed by atoms with Gasteiger partial charge in [-0.05, 0) is 58.3 Å². The molecule has 0 atom stereocenters. The van der Waals surface area contributed by atoms with Gasteiger partial charge in [0.2, 0.25) is 0 Å². The molecule has 0 aliphatic heterocycles. The summed E-state index contributed by atoms with van der Waals surface area (Å²) in [6, 6.07) is 0. The van der Waals surface area contributed by atoms with Crippen LogP contribution >= 0.6 is 0 Å². The van der Waals surface area contributed by atoms with Crippen molar-refractivity contribution in [2.24, 2.45) is 0 Å². The third-order valence-electron chi connectivity index (χ3n) is 3.47. The number of rotatable bonds is 14. The minimum atomic E-state index is -0.854. The highest BCUT2D eigenvalue weighted by Crippen LogP contribution is 2.07. The summed E-state index contributed by atoms with van der Waals surface area (Å²) < 4.78 is 0. The van der Waals surface area contributed by atoms with Crippen molar-refractivity contribution in [2.75, 3.05) is 0 Å². The molecule has 0 amide bonds. The van der Waals surface area contributed by atoms with Crippen molar-refractivity contribution in [2.45, 2.75) is 65.2 Å². The summed E-state index contributed by atoms with van der Waals surface area (Å²) in [5.41, 5.74) is 0.930. The third-order valence-corrected chi connectivity index (χ3v) is 3.47. The molecule has 0 spiro atoms. The fraction of sp³-hybridized carbons (Fsp3) is 0.435. The van der Waals surface area contributed by atoms with Crippen LogP contribution in [0.4, 0.5) is 0 Å². The van der Waals surface area contributed by atoms with E-state index in [9.17, 15) is 4.79 Å². The van der Waals surface area contributed by atoms with Crippen LogP contribution in [0.15, 0.2) is 72.4 Å². The lowest BCUT2D eigenvalue weighted by Crippen LogP contribution is -1.89. The summed E-state index contributed by atoms with van der Waals surface area (Å²) >= 11 is 0. The van der Waals surface area contributed by atoms with Gasteiger partial charge in [0.05, 0.1) is 0 Å². The van der Waals surface area contributed by atoms with E-state index in [4.69, 9.17) is 5.11 Å². The fourth-order valence-electron chi connectivity index (χ4n) is 2.15. The monoisotopic (exact) mass is 342 g/mol. The lowest BCUT2D eigenvalue weighted by Gasteiger charge is -1.96. The smallest absolute Gasteiger partial charge is 0.328 e. The van der Waals surface area contributed by atoms with E-state index in [-0.39, 0.29) is 0 Å². The molecule has 0 saturated carbocycles. The Morgan fingerprint density at radius 2 is 1.20 bits per heavy atom. The van der Waals surface area contributed by atoms with E-state index in [1.807, 2.05) is 6.92 Å². The second kappa shape index (κ2) is 18.3. The molecule has 0 rings (SSSR count). The van der Waals surface area contributed by atoms with Crippen LogP contribution in [0.1, 0.15) is 65.2 Å². The van der Waals surface area contributed by atoms with Gasteiger partial charge in [0.25, 0.3) is 0 Å². The summed E-state index contributed by atoms with van der Waals surface area (Å²) in [7, 11) is 0. The maximum atomic E-state index is 10.5. The second-order valence-corrected chi connectivity index (χ2v) is 5.93. The molecule has 0 unspecified atom stereocenters. The van der Waals surface area contributed by atoms with Crippen LogP contribution in [0.25, 0.3) is 0 Å². The second-order valence-electron chi connectivity index (χ2n) is 5.93. The van der Waals surface area contributed by atoms with Crippen LogP contribution < -0.4 is 0 Å². The zero-order valence-electron chi connectivity index (χ0n) is 15.9. The summed E-state index contributed by atoms with van der Waals surface area (Å²) in [4.78, 5) is 10.5. The Morgan fingerprint density at radius 1 is 0.760 bits per heavy atom. The van der Waals surface area contributed by atoms with Crippen LogP contribution in [0.5, 0.6) is 0 Å². The van der Waals surface area contributed by atoms with Gasteiger partial charge in [-0.25, -0.2) is 4.79 Å². The maximum Gasteiger partial charge on any atom is 0.328 e. The largest absolute Gasteiger partial charge is 0.478 e. The predicted octanol–water partition coefficient (Wildman–Crippen LogP) is 6.94. The summed E-state index contributed by atoms with van der Waals surface area (Å²) in [5, 5.41) is 8.62. The highest BCUT2D eigenvalue weighted by Gasteiger charge is 1.93. The molecule has 0 radical (unpaired) electrons. The third kappa shape index (κ3) is 19.9. The van der Waals surface area contributed by atoms with Crippen molar-refractivity contribution in [3.05, 3.63) is 72.4 Å². The van der Waals surface area contributed by atoms with Crippen molar-refractivity contribution in [3.8, 4) is 0 Å². The van der Waals surface area contributed by atoms with Gasteiger partial charge in [-0.15, -0.1) is 0 Å². The molecule has 1 N–H and O–H groups in total. The number of carboxylic acids is 1. The number of carbonyl (C=O) groups is 1. The van der Waals surface area contributed by atoms with E-state index < -0.39 is 5.97 Å². The molecular weight excluding hydrogens is 308 g/mol. The molecule has 0 fully saturated rings. The Bertz CT molecular complexity index is 502. The Kier molecular flexibility index (Phi) is 16.7. The topological polar surface area (TPSA) is 37.3 Å². The molecule has 138 valence electrons. The van der Waals surface area contributed by atoms with Gasteiger partial charge in [-0.3, -0.25) is 0 Å². The lowest BCUT2D eigenvalue weighted by atomic mass is 10.1. The predicted molar refractivity (Wildman–Crippen MR) is 110 cm³/mol. The van der Waals surface area contributed by atoms with Crippen LogP contribution in [-0.2, 0) is 4.79 Å². The first-order chi connectivity index (χ1) is 12.2. The van der Waals surface area contributed by atoms with Crippen LogP contribution in [0, 0.1) is 0 Å². The van der Waals surface area contributed by atoms with Crippen LogP contribution in [-0.4, -0.2) is 11.1 Å².